The Bertz CT molecular complexity index is 461. The average molecular weight is 238 g/mol. The fourth-order valence-corrected chi connectivity index (χ4v) is 2.75. The van der Waals surface area contributed by atoms with Gasteiger partial charge in [0.1, 0.15) is 4.90 Å². The summed E-state index contributed by atoms with van der Waals surface area (Å²) in [5.41, 5.74) is 0.728. The van der Waals surface area contributed by atoms with Gasteiger partial charge in [0, 0.05) is 12.6 Å². The van der Waals surface area contributed by atoms with Crippen molar-refractivity contribution in [3.05, 3.63) is 28.3 Å². The number of nitro groups is 1. The summed E-state index contributed by atoms with van der Waals surface area (Å²) in [6.45, 7) is 2.39. The number of amides is 1. The molecule has 0 aliphatic carbocycles. The zero-order valence-electron chi connectivity index (χ0n) is 8.67. The summed E-state index contributed by atoms with van der Waals surface area (Å²) >= 11 is 1.24. The van der Waals surface area contributed by atoms with E-state index in [4.69, 9.17) is 0 Å². The van der Waals surface area contributed by atoms with Crippen molar-refractivity contribution >= 4 is 29.0 Å². The molecule has 0 N–H and O–H groups in total. The van der Waals surface area contributed by atoms with E-state index in [0.717, 1.165) is 0 Å². The number of fused-ring (bicyclic) bond motifs is 1. The number of nitrogens with zero attached hydrogens (tertiary/aromatic N) is 2. The van der Waals surface area contributed by atoms with Crippen LogP contribution >= 0.6 is 11.8 Å². The molecule has 0 saturated heterocycles. The van der Waals surface area contributed by atoms with Gasteiger partial charge in [-0.25, -0.2) is 0 Å². The molecule has 0 aromatic heterocycles. The van der Waals surface area contributed by atoms with Gasteiger partial charge in [-0.15, -0.1) is 11.8 Å². The zero-order valence-corrected chi connectivity index (χ0v) is 9.49. The largest absolute Gasteiger partial charge is 0.311 e. The summed E-state index contributed by atoms with van der Waals surface area (Å²) in [6, 6.07) is 4.82. The van der Waals surface area contributed by atoms with Crippen molar-refractivity contribution in [1.82, 2.24) is 0 Å². The van der Waals surface area contributed by atoms with Gasteiger partial charge in [0.25, 0.3) is 5.69 Å². The second-order valence-electron chi connectivity index (χ2n) is 3.31. The van der Waals surface area contributed by atoms with Crippen LogP contribution in [0.15, 0.2) is 23.1 Å². The minimum absolute atomic E-state index is 0.000461. The highest BCUT2D eigenvalue weighted by atomic mass is 32.2. The number of anilines is 1. The molecule has 1 heterocycles. The van der Waals surface area contributed by atoms with Gasteiger partial charge in [-0.1, -0.05) is 6.07 Å². The van der Waals surface area contributed by atoms with Crippen LogP contribution in [0.2, 0.25) is 0 Å². The van der Waals surface area contributed by atoms with Crippen LogP contribution in [0.5, 0.6) is 0 Å². The van der Waals surface area contributed by atoms with Crippen molar-refractivity contribution in [3.63, 3.8) is 0 Å². The van der Waals surface area contributed by atoms with Crippen molar-refractivity contribution < 1.29 is 9.72 Å². The second-order valence-corrected chi connectivity index (χ2v) is 4.29. The molecule has 0 fully saturated rings. The van der Waals surface area contributed by atoms with Crippen molar-refractivity contribution in [2.24, 2.45) is 0 Å². The third-order valence-corrected chi connectivity index (χ3v) is 3.52. The lowest BCUT2D eigenvalue weighted by molar-refractivity contribution is -0.387. The molecule has 1 aliphatic heterocycles. The van der Waals surface area contributed by atoms with E-state index >= 15 is 0 Å². The molecular weight excluding hydrogens is 228 g/mol. The first kappa shape index (κ1) is 10.9. The molecule has 6 heteroatoms. The van der Waals surface area contributed by atoms with Gasteiger partial charge < -0.3 is 4.90 Å². The van der Waals surface area contributed by atoms with E-state index in [0.29, 0.717) is 17.1 Å². The maximum absolute atomic E-state index is 11.6. The number of benzene rings is 1. The van der Waals surface area contributed by atoms with E-state index in [2.05, 4.69) is 0 Å². The molecule has 16 heavy (non-hydrogen) atoms. The number of rotatable bonds is 2. The lowest BCUT2D eigenvalue weighted by atomic mass is 10.2. The number of nitro benzene ring substituents is 1. The highest BCUT2D eigenvalue weighted by Crippen LogP contribution is 2.41. The molecule has 0 radical (unpaired) electrons. The van der Waals surface area contributed by atoms with Crippen molar-refractivity contribution in [2.45, 2.75) is 11.8 Å². The monoisotopic (exact) mass is 238 g/mol. The number of hydrogen-bond acceptors (Lipinski definition) is 4. The molecule has 0 spiro atoms. The number of hydrogen-bond donors (Lipinski definition) is 0. The molecule has 1 aromatic carbocycles. The first-order chi connectivity index (χ1) is 7.65. The third kappa shape index (κ3) is 1.65. The van der Waals surface area contributed by atoms with E-state index in [1.807, 2.05) is 6.92 Å². The fourth-order valence-electron chi connectivity index (χ4n) is 1.71. The highest BCUT2D eigenvalue weighted by molar-refractivity contribution is 8.00. The van der Waals surface area contributed by atoms with E-state index in [-0.39, 0.29) is 17.3 Å². The summed E-state index contributed by atoms with van der Waals surface area (Å²) in [4.78, 5) is 24.2. The molecule has 0 bridgehead atoms. The average Bonchev–Trinajstić information content (AvgIpc) is 2.27. The summed E-state index contributed by atoms with van der Waals surface area (Å²) in [7, 11) is 0. The van der Waals surface area contributed by atoms with Crippen LogP contribution in [0.25, 0.3) is 0 Å². The Morgan fingerprint density at radius 1 is 1.56 bits per heavy atom. The van der Waals surface area contributed by atoms with Gasteiger partial charge in [0.2, 0.25) is 5.91 Å². The molecule has 2 rings (SSSR count). The van der Waals surface area contributed by atoms with E-state index in [1.165, 1.54) is 17.8 Å². The van der Waals surface area contributed by atoms with Gasteiger partial charge in [0.05, 0.1) is 16.4 Å². The van der Waals surface area contributed by atoms with E-state index in [1.54, 1.807) is 17.0 Å². The van der Waals surface area contributed by atoms with Gasteiger partial charge in [-0.05, 0) is 13.0 Å². The number of carbonyl (C=O) groups excluding carboxylic acids is 1. The summed E-state index contributed by atoms with van der Waals surface area (Å²) in [5, 5.41) is 10.8. The van der Waals surface area contributed by atoms with E-state index in [9.17, 15) is 14.9 Å². The number of thioether (sulfide) groups is 1. The topological polar surface area (TPSA) is 63.5 Å². The van der Waals surface area contributed by atoms with Crippen LogP contribution in [-0.4, -0.2) is 23.1 Å². The molecule has 1 aliphatic rings. The van der Waals surface area contributed by atoms with Gasteiger partial charge in [-0.3, -0.25) is 14.9 Å². The molecular formula is C10H10N2O3S. The molecule has 0 saturated carbocycles. The maximum Gasteiger partial charge on any atom is 0.285 e. The Kier molecular flexibility index (Phi) is 2.82. The SMILES string of the molecule is CCN1C(=O)CSc2c1cccc2[N+](=O)[O-]. The molecule has 84 valence electrons. The van der Waals surface area contributed by atoms with Gasteiger partial charge >= 0.3 is 0 Å². The minimum Gasteiger partial charge on any atom is -0.311 e. The smallest absolute Gasteiger partial charge is 0.285 e. The standard InChI is InChI=1S/C10H10N2O3S/c1-2-11-7-4-3-5-8(12(14)15)10(7)16-6-9(11)13/h3-5H,2,6H2,1H3. The molecule has 1 aromatic rings. The van der Waals surface area contributed by atoms with Crippen molar-refractivity contribution in [3.8, 4) is 0 Å². The van der Waals surface area contributed by atoms with Crippen LogP contribution in [0.4, 0.5) is 11.4 Å². The van der Waals surface area contributed by atoms with Crippen LogP contribution in [0, 0.1) is 10.1 Å². The number of carbonyl (C=O) groups is 1. The maximum atomic E-state index is 11.6. The molecule has 5 nitrogen and oxygen atoms in total. The summed E-state index contributed by atoms with van der Waals surface area (Å²) < 4.78 is 0. The predicted octanol–water partition coefficient (Wildman–Crippen LogP) is 2.05. The van der Waals surface area contributed by atoms with Crippen molar-refractivity contribution in [1.29, 1.82) is 0 Å². The predicted molar refractivity (Wildman–Crippen MR) is 61.8 cm³/mol. The van der Waals surface area contributed by atoms with Crippen LogP contribution < -0.4 is 4.90 Å². The first-order valence-electron chi connectivity index (χ1n) is 4.85. The van der Waals surface area contributed by atoms with Crippen molar-refractivity contribution in [2.75, 3.05) is 17.2 Å². The van der Waals surface area contributed by atoms with E-state index < -0.39 is 4.92 Å². The lowest BCUT2D eigenvalue weighted by Gasteiger charge is -2.27. The second kappa shape index (κ2) is 4.13. The molecule has 0 unspecified atom stereocenters. The Balaban J connectivity index is 2.56. The zero-order chi connectivity index (χ0) is 11.7. The van der Waals surface area contributed by atoms with Crippen LogP contribution in [0.1, 0.15) is 6.92 Å². The fraction of sp³-hybridized carbons (Fsp3) is 0.300. The lowest BCUT2D eigenvalue weighted by Crippen LogP contribution is -2.35. The molecule has 0 atom stereocenters. The minimum atomic E-state index is -0.407. The first-order valence-corrected chi connectivity index (χ1v) is 5.84. The highest BCUT2D eigenvalue weighted by Gasteiger charge is 2.29. The Labute approximate surface area is 96.6 Å². The van der Waals surface area contributed by atoms with Gasteiger partial charge in [0.15, 0.2) is 0 Å². The molecule has 1 amide bonds. The summed E-state index contributed by atoms with van der Waals surface area (Å²) in [6.07, 6.45) is 0. The normalized spacial score (nSPS) is 14.8. The Hall–Kier alpha value is -1.56. The van der Waals surface area contributed by atoms with Crippen LogP contribution in [-0.2, 0) is 4.79 Å². The third-order valence-electron chi connectivity index (χ3n) is 2.42. The van der Waals surface area contributed by atoms with Gasteiger partial charge in [-0.2, -0.15) is 0 Å². The van der Waals surface area contributed by atoms with Crippen LogP contribution in [0.3, 0.4) is 0 Å². The quantitative estimate of drug-likeness (QED) is 0.584. The summed E-state index contributed by atoms with van der Waals surface area (Å²) in [5.74, 6) is 0.270. The Morgan fingerprint density at radius 2 is 2.31 bits per heavy atom. The Morgan fingerprint density at radius 3 is 2.94 bits per heavy atom.